The maximum atomic E-state index is 10.9. The lowest BCUT2D eigenvalue weighted by atomic mass is 9.89. The maximum absolute atomic E-state index is 10.9. The molecule has 0 aromatic carbocycles. The number of esters is 1. The summed E-state index contributed by atoms with van der Waals surface area (Å²) in [4.78, 5) is 10.9. The van der Waals surface area contributed by atoms with Crippen LogP contribution in [0.2, 0.25) is 0 Å². The first-order valence-electron chi connectivity index (χ1n) is 3.75. The van der Waals surface area contributed by atoms with Crippen LogP contribution in [0, 0.1) is 5.41 Å². The first-order valence-corrected chi connectivity index (χ1v) is 3.75. The first kappa shape index (κ1) is 6.85. The van der Waals surface area contributed by atoms with E-state index in [1.54, 1.807) is 0 Å². The highest BCUT2D eigenvalue weighted by Gasteiger charge is 2.40. The molecule has 3 nitrogen and oxygen atoms in total. The molecular formula is C8H10O3. The van der Waals surface area contributed by atoms with E-state index in [0.717, 1.165) is 18.4 Å². The van der Waals surface area contributed by atoms with Gasteiger partial charge in [0.15, 0.2) is 0 Å². The number of aliphatic hydroxyl groups excluding tert-OH is 1. The maximum Gasteiger partial charge on any atom is 0.333 e. The molecule has 0 spiro atoms. The van der Waals surface area contributed by atoms with E-state index in [1.165, 1.54) is 0 Å². The number of carbonyl (C=O) groups is 1. The Kier molecular flexibility index (Phi) is 1.29. The minimum absolute atomic E-state index is 0.0871. The summed E-state index contributed by atoms with van der Waals surface area (Å²) in [7, 11) is 0. The lowest BCUT2D eigenvalue weighted by Gasteiger charge is -2.25. The van der Waals surface area contributed by atoms with Crippen molar-refractivity contribution in [3.8, 4) is 0 Å². The van der Waals surface area contributed by atoms with Crippen molar-refractivity contribution in [3.05, 3.63) is 11.6 Å². The topological polar surface area (TPSA) is 46.5 Å². The molecule has 0 saturated heterocycles. The van der Waals surface area contributed by atoms with Crippen molar-refractivity contribution in [2.24, 2.45) is 5.41 Å². The van der Waals surface area contributed by atoms with Crippen LogP contribution in [0.25, 0.3) is 0 Å². The summed E-state index contributed by atoms with van der Waals surface area (Å²) in [6.07, 6.45) is 3.49. The van der Waals surface area contributed by atoms with E-state index in [0.29, 0.717) is 6.61 Å². The highest BCUT2D eigenvalue weighted by atomic mass is 16.5. The number of carbonyl (C=O) groups excluding carboxylic acids is 1. The molecule has 0 fully saturated rings. The molecule has 1 N–H and O–H groups in total. The Labute approximate surface area is 64.7 Å². The van der Waals surface area contributed by atoms with Crippen LogP contribution in [0.5, 0.6) is 0 Å². The molecule has 60 valence electrons. The zero-order chi connectivity index (χ0) is 7.90. The number of ether oxygens (including phenoxy) is 1. The third-order valence-electron chi connectivity index (χ3n) is 2.44. The van der Waals surface area contributed by atoms with Gasteiger partial charge in [-0.2, -0.15) is 0 Å². The monoisotopic (exact) mass is 154 g/mol. The minimum Gasteiger partial charge on any atom is -0.461 e. The smallest absolute Gasteiger partial charge is 0.333 e. The summed E-state index contributed by atoms with van der Waals surface area (Å²) >= 11 is 0. The van der Waals surface area contributed by atoms with Gasteiger partial charge in [0.05, 0.1) is 6.61 Å². The average Bonchev–Trinajstić information content (AvgIpc) is 2.40. The summed E-state index contributed by atoms with van der Waals surface area (Å²) in [6.45, 7) is 0.440. The fraction of sp³-hybridized carbons (Fsp3) is 0.625. The van der Waals surface area contributed by atoms with Crippen molar-refractivity contribution in [2.45, 2.75) is 12.8 Å². The molecule has 0 saturated carbocycles. The number of hydrogen-bond donors (Lipinski definition) is 1. The second kappa shape index (κ2) is 2.08. The molecule has 2 bridgehead atoms. The van der Waals surface area contributed by atoms with Crippen molar-refractivity contribution >= 4 is 5.97 Å². The number of cyclic esters (lactones) is 1. The van der Waals surface area contributed by atoms with E-state index < -0.39 is 0 Å². The molecule has 1 atom stereocenters. The average molecular weight is 154 g/mol. The predicted octanol–water partition coefficient (Wildman–Crippen LogP) is 0.242. The van der Waals surface area contributed by atoms with Gasteiger partial charge in [-0.3, -0.25) is 0 Å². The van der Waals surface area contributed by atoms with Crippen molar-refractivity contribution < 1.29 is 14.6 Å². The van der Waals surface area contributed by atoms with Crippen LogP contribution >= 0.6 is 0 Å². The van der Waals surface area contributed by atoms with Crippen LogP contribution in [0.4, 0.5) is 0 Å². The van der Waals surface area contributed by atoms with E-state index in [4.69, 9.17) is 9.84 Å². The van der Waals surface area contributed by atoms with Gasteiger partial charge in [-0.15, -0.1) is 0 Å². The summed E-state index contributed by atoms with van der Waals surface area (Å²) in [5.74, 6) is -0.202. The molecule has 3 heteroatoms. The molecule has 0 aromatic heterocycles. The molecule has 0 aromatic rings. The third kappa shape index (κ3) is 0.878. The summed E-state index contributed by atoms with van der Waals surface area (Å²) < 4.78 is 4.89. The highest BCUT2D eigenvalue weighted by Crippen LogP contribution is 2.39. The predicted molar refractivity (Wildman–Crippen MR) is 37.8 cm³/mol. The van der Waals surface area contributed by atoms with Gasteiger partial charge in [0.1, 0.15) is 6.61 Å². The number of hydrogen-bond acceptors (Lipinski definition) is 3. The molecule has 1 unspecified atom stereocenters. The van der Waals surface area contributed by atoms with Crippen LogP contribution in [-0.2, 0) is 9.53 Å². The van der Waals surface area contributed by atoms with Crippen LogP contribution in [0.3, 0.4) is 0 Å². The molecular weight excluding hydrogens is 144 g/mol. The van der Waals surface area contributed by atoms with E-state index in [2.05, 4.69) is 0 Å². The van der Waals surface area contributed by atoms with Crippen LogP contribution in [0.15, 0.2) is 11.6 Å². The van der Waals surface area contributed by atoms with Gasteiger partial charge < -0.3 is 9.84 Å². The molecule has 2 rings (SSSR count). The largest absolute Gasteiger partial charge is 0.461 e. The Balaban J connectivity index is 2.31. The number of aliphatic hydroxyl groups is 1. The summed E-state index contributed by atoms with van der Waals surface area (Å²) in [5, 5.41) is 9.02. The Bertz CT molecular complexity index is 231. The fourth-order valence-electron chi connectivity index (χ4n) is 1.64. The van der Waals surface area contributed by atoms with Crippen molar-refractivity contribution in [2.75, 3.05) is 13.2 Å². The van der Waals surface area contributed by atoms with Crippen molar-refractivity contribution in [1.29, 1.82) is 0 Å². The van der Waals surface area contributed by atoms with Crippen LogP contribution in [0.1, 0.15) is 12.8 Å². The fourth-order valence-corrected chi connectivity index (χ4v) is 1.64. The molecule has 1 aliphatic carbocycles. The normalized spacial score (nSPS) is 35.0. The summed E-state index contributed by atoms with van der Waals surface area (Å²) in [6, 6.07) is 0. The van der Waals surface area contributed by atoms with Gasteiger partial charge in [-0.25, -0.2) is 4.79 Å². The standard InChI is InChI=1S/C8H10O3/c9-4-8-2-1-6(3-8)7(10)11-5-8/h3,9H,1-2,4-5H2. The van der Waals surface area contributed by atoms with E-state index >= 15 is 0 Å². The Morgan fingerprint density at radius 3 is 3.27 bits per heavy atom. The zero-order valence-electron chi connectivity index (χ0n) is 6.17. The molecule has 2 aliphatic rings. The Hall–Kier alpha value is -0.830. The van der Waals surface area contributed by atoms with E-state index in [-0.39, 0.29) is 18.0 Å². The van der Waals surface area contributed by atoms with Gasteiger partial charge in [0.25, 0.3) is 0 Å². The lowest BCUT2D eigenvalue weighted by molar-refractivity contribution is -0.142. The molecule has 1 aliphatic heterocycles. The van der Waals surface area contributed by atoms with Gasteiger partial charge in [0, 0.05) is 11.0 Å². The van der Waals surface area contributed by atoms with Crippen LogP contribution in [-0.4, -0.2) is 24.3 Å². The number of fused-ring (bicyclic) bond motifs is 1. The zero-order valence-corrected chi connectivity index (χ0v) is 6.17. The molecule has 0 amide bonds. The van der Waals surface area contributed by atoms with E-state index in [9.17, 15) is 4.79 Å². The third-order valence-corrected chi connectivity index (χ3v) is 2.44. The number of rotatable bonds is 1. The SMILES string of the molecule is O=C1OCC2(CO)C=C1CC2. The molecule has 0 radical (unpaired) electrons. The van der Waals surface area contributed by atoms with Gasteiger partial charge in [-0.1, -0.05) is 6.08 Å². The Morgan fingerprint density at radius 1 is 1.73 bits per heavy atom. The second-order valence-electron chi connectivity index (χ2n) is 3.27. The minimum atomic E-state index is -0.233. The Morgan fingerprint density at radius 2 is 2.55 bits per heavy atom. The molecule has 11 heavy (non-hydrogen) atoms. The van der Waals surface area contributed by atoms with Crippen molar-refractivity contribution in [3.63, 3.8) is 0 Å². The summed E-state index contributed by atoms with van der Waals surface area (Å²) in [5.41, 5.74) is 0.508. The van der Waals surface area contributed by atoms with Crippen LogP contribution < -0.4 is 0 Å². The van der Waals surface area contributed by atoms with Gasteiger partial charge >= 0.3 is 5.97 Å². The second-order valence-corrected chi connectivity index (χ2v) is 3.27. The first-order chi connectivity index (χ1) is 5.26. The molecule has 1 heterocycles. The lowest BCUT2D eigenvalue weighted by Crippen LogP contribution is -2.30. The quantitative estimate of drug-likeness (QED) is 0.550. The van der Waals surface area contributed by atoms with Gasteiger partial charge in [0.2, 0.25) is 0 Å². The van der Waals surface area contributed by atoms with Crippen molar-refractivity contribution in [1.82, 2.24) is 0 Å². The van der Waals surface area contributed by atoms with E-state index in [1.807, 2.05) is 6.08 Å². The van der Waals surface area contributed by atoms with Gasteiger partial charge in [-0.05, 0) is 12.8 Å². The highest BCUT2D eigenvalue weighted by molar-refractivity contribution is 5.90.